The lowest BCUT2D eigenvalue weighted by molar-refractivity contribution is 0.392. The zero-order chi connectivity index (χ0) is 12.4. The summed E-state index contributed by atoms with van der Waals surface area (Å²) in [5.74, 6) is 1.09. The molecule has 0 saturated carbocycles. The van der Waals surface area contributed by atoms with E-state index in [9.17, 15) is 4.79 Å². The van der Waals surface area contributed by atoms with Crippen molar-refractivity contribution in [3.8, 4) is 0 Å². The summed E-state index contributed by atoms with van der Waals surface area (Å²) < 4.78 is 5.03. The molecule has 7 heteroatoms. The van der Waals surface area contributed by atoms with Crippen molar-refractivity contribution in [1.29, 1.82) is 0 Å². The van der Waals surface area contributed by atoms with Crippen LogP contribution < -0.4 is 16.6 Å². The molecule has 7 nitrogen and oxygen atoms in total. The molecule has 0 aliphatic carbocycles. The Hall–Kier alpha value is -2.31. The molecule has 0 aliphatic rings. The molecule has 0 amide bonds. The topological polar surface area (TPSA) is 110 Å². The van der Waals surface area contributed by atoms with Crippen molar-refractivity contribution >= 4 is 11.5 Å². The first kappa shape index (κ1) is 11.2. The molecule has 0 bridgehead atoms. The first-order chi connectivity index (χ1) is 8.09. The second-order valence-electron chi connectivity index (χ2n) is 3.65. The molecule has 4 N–H and O–H groups in total. The predicted octanol–water partition coefficient (Wildman–Crippen LogP) is 0.569. The Balaban J connectivity index is 2.18. The number of rotatable bonds is 3. The van der Waals surface area contributed by atoms with Crippen LogP contribution in [0, 0.1) is 13.8 Å². The Morgan fingerprint density at radius 1 is 1.53 bits per heavy atom. The lowest BCUT2D eigenvalue weighted by Gasteiger charge is -2.06. The summed E-state index contributed by atoms with van der Waals surface area (Å²) in [5, 5.41) is 6.82. The summed E-state index contributed by atoms with van der Waals surface area (Å²) in [7, 11) is 0. The summed E-state index contributed by atoms with van der Waals surface area (Å²) in [6, 6.07) is 0. The first-order valence-electron chi connectivity index (χ1n) is 5.08. The van der Waals surface area contributed by atoms with E-state index in [0.717, 1.165) is 17.0 Å². The van der Waals surface area contributed by atoms with Gasteiger partial charge in [0.2, 0.25) is 0 Å². The highest BCUT2D eigenvalue weighted by Gasteiger charge is 2.10. The van der Waals surface area contributed by atoms with Gasteiger partial charge in [-0.25, -0.2) is 4.98 Å². The maximum Gasteiger partial charge on any atom is 0.276 e. The molecule has 17 heavy (non-hydrogen) atoms. The van der Waals surface area contributed by atoms with Gasteiger partial charge in [-0.1, -0.05) is 5.16 Å². The molecule has 0 atom stereocenters. The molecule has 2 aromatic rings. The second-order valence-corrected chi connectivity index (χ2v) is 3.65. The van der Waals surface area contributed by atoms with Crippen molar-refractivity contribution in [2.45, 2.75) is 20.4 Å². The number of nitrogens with one attached hydrogen (secondary N) is 2. The van der Waals surface area contributed by atoms with E-state index in [1.807, 2.05) is 13.8 Å². The van der Waals surface area contributed by atoms with Gasteiger partial charge in [0, 0.05) is 12.1 Å². The molecule has 0 aliphatic heterocycles. The van der Waals surface area contributed by atoms with Gasteiger partial charge in [-0.05, 0) is 13.8 Å². The third-order valence-electron chi connectivity index (χ3n) is 2.50. The van der Waals surface area contributed by atoms with Crippen LogP contribution in [0.15, 0.2) is 15.6 Å². The van der Waals surface area contributed by atoms with Crippen LogP contribution in [0.2, 0.25) is 0 Å². The molecule has 2 rings (SSSR count). The number of hydrogen-bond acceptors (Lipinski definition) is 6. The number of nitrogen functional groups attached to an aromatic ring is 1. The fraction of sp³-hybridized carbons (Fsp3) is 0.300. The van der Waals surface area contributed by atoms with Gasteiger partial charge in [0.25, 0.3) is 5.56 Å². The number of anilines is 2. The van der Waals surface area contributed by atoms with Gasteiger partial charge in [0.15, 0.2) is 5.82 Å². The van der Waals surface area contributed by atoms with Gasteiger partial charge in [0.05, 0.1) is 12.0 Å². The Morgan fingerprint density at radius 2 is 2.29 bits per heavy atom. The standard InChI is InChI=1S/C10H13N5O2/c1-5-7(6(2)17-15-5)3-12-9-8(11)10(16)14-4-13-9/h4H,3,11H2,1-2H3,(H2,12,13,14,16). The molecule has 90 valence electrons. The van der Waals surface area contributed by atoms with Crippen molar-refractivity contribution in [1.82, 2.24) is 15.1 Å². The van der Waals surface area contributed by atoms with Crippen LogP contribution in [0.1, 0.15) is 17.0 Å². The Morgan fingerprint density at radius 3 is 2.94 bits per heavy atom. The maximum atomic E-state index is 11.2. The van der Waals surface area contributed by atoms with Crippen LogP contribution in [0.25, 0.3) is 0 Å². The summed E-state index contributed by atoms with van der Waals surface area (Å²) >= 11 is 0. The molecule has 2 aromatic heterocycles. The van der Waals surface area contributed by atoms with Gasteiger partial charge in [-0.2, -0.15) is 0 Å². The highest BCUT2D eigenvalue weighted by molar-refractivity contribution is 5.59. The van der Waals surface area contributed by atoms with Crippen molar-refractivity contribution in [3.63, 3.8) is 0 Å². The molecule has 2 heterocycles. The van der Waals surface area contributed by atoms with Gasteiger partial charge < -0.3 is 20.6 Å². The average molecular weight is 235 g/mol. The molecule has 0 aromatic carbocycles. The molecule has 0 saturated heterocycles. The van der Waals surface area contributed by atoms with Crippen LogP contribution in [0.5, 0.6) is 0 Å². The number of aromatic amines is 1. The zero-order valence-corrected chi connectivity index (χ0v) is 9.57. The third-order valence-corrected chi connectivity index (χ3v) is 2.50. The summed E-state index contributed by atoms with van der Waals surface area (Å²) in [6.45, 7) is 4.13. The minimum atomic E-state index is -0.360. The van der Waals surface area contributed by atoms with Crippen LogP contribution in [0.4, 0.5) is 11.5 Å². The monoisotopic (exact) mass is 235 g/mol. The number of nitrogens with zero attached hydrogens (tertiary/aromatic N) is 2. The normalized spacial score (nSPS) is 10.5. The average Bonchev–Trinajstić information content (AvgIpc) is 2.62. The van der Waals surface area contributed by atoms with Gasteiger partial charge in [-0.15, -0.1) is 0 Å². The predicted molar refractivity (Wildman–Crippen MR) is 62.6 cm³/mol. The minimum absolute atomic E-state index is 0.0688. The lowest BCUT2D eigenvalue weighted by atomic mass is 10.2. The highest BCUT2D eigenvalue weighted by Crippen LogP contribution is 2.15. The van der Waals surface area contributed by atoms with Gasteiger partial charge >= 0.3 is 0 Å². The van der Waals surface area contributed by atoms with Crippen LogP contribution in [0.3, 0.4) is 0 Å². The van der Waals surface area contributed by atoms with Crippen molar-refractivity contribution in [2.24, 2.45) is 0 Å². The van der Waals surface area contributed by atoms with Crippen molar-refractivity contribution in [2.75, 3.05) is 11.1 Å². The van der Waals surface area contributed by atoms with E-state index in [0.29, 0.717) is 12.4 Å². The fourth-order valence-corrected chi connectivity index (χ4v) is 1.48. The van der Waals surface area contributed by atoms with E-state index >= 15 is 0 Å². The first-order valence-corrected chi connectivity index (χ1v) is 5.08. The molecule has 0 spiro atoms. The van der Waals surface area contributed by atoms with E-state index < -0.39 is 0 Å². The highest BCUT2D eigenvalue weighted by atomic mass is 16.5. The minimum Gasteiger partial charge on any atom is -0.391 e. The number of aryl methyl sites for hydroxylation is 2. The number of H-pyrrole nitrogens is 1. The zero-order valence-electron chi connectivity index (χ0n) is 9.57. The number of nitrogens with two attached hydrogens (primary N) is 1. The second kappa shape index (κ2) is 4.28. The largest absolute Gasteiger partial charge is 0.391 e. The summed E-state index contributed by atoms with van der Waals surface area (Å²) in [5.41, 5.74) is 7.04. The quantitative estimate of drug-likeness (QED) is 0.717. The van der Waals surface area contributed by atoms with Crippen LogP contribution in [-0.2, 0) is 6.54 Å². The fourth-order valence-electron chi connectivity index (χ4n) is 1.48. The Bertz CT molecular complexity index is 567. The Kier molecular flexibility index (Phi) is 2.82. The van der Waals surface area contributed by atoms with E-state index in [-0.39, 0.29) is 11.2 Å². The lowest BCUT2D eigenvalue weighted by Crippen LogP contribution is -2.16. The number of aromatic nitrogens is 3. The smallest absolute Gasteiger partial charge is 0.276 e. The maximum absolute atomic E-state index is 11.2. The molecular weight excluding hydrogens is 222 g/mol. The number of hydrogen-bond donors (Lipinski definition) is 3. The van der Waals surface area contributed by atoms with Crippen molar-refractivity contribution in [3.05, 3.63) is 33.7 Å². The van der Waals surface area contributed by atoms with Gasteiger partial charge in [-0.3, -0.25) is 4.79 Å². The van der Waals surface area contributed by atoms with E-state index in [2.05, 4.69) is 20.4 Å². The van der Waals surface area contributed by atoms with E-state index in [1.54, 1.807) is 0 Å². The SMILES string of the molecule is Cc1noc(C)c1CNc1nc[nH]c(=O)c1N. The van der Waals surface area contributed by atoms with Crippen molar-refractivity contribution < 1.29 is 4.52 Å². The van der Waals surface area contributed by atoms with Crippen LogP contribution >= 0.6 is 0 Å². The summed E-state index contributed by atoms with van der Waals surface area (Å²) in [4.78, 5) is 17.6. The van der Waals surface area contributed by atoms with Crippen LogP contribution in [-0.4, -0.2) is 15.1 Å². The summed E-state index contributed by atoms with van der Waals surface area (Å²) in [6.07, 6.45) is 1.30. The van der Waals surface area contributed by atoms with Gasteiger partial charge in [0.1, 0.15) is 11.4 Å². The molecular formula is C10H13N5O2. The molecule has 0 fully saturated rings. The molecule has 0 radical (unpaired) electrons. The third kappa shape index (κ3) is 2.12. The van der Waals surface area contributed by atoms with E-state index in [1.165, 1.54) is 6.33 Å². The Labute approximate surface area is 97.0 Å². The van der Waals surface area contributed by atoms with E-state index in [4.69, 9.17) is 10.3 Å². The molecule has 0 unspecified atom stereocenters.